The molecule has 1 atom stereocenters. The van der Waals surface area contributed by atoms with Crippen molar-refractivity contribution in [1.82, 2.24) is 10.6 Å². The summed E-state index contributed by atoms with van der Waals surface area (Å²) in [5.74, 6) is -0.867. The Balaban J connectivity index is 1.67. The van der Waals surface area contributed by atoms with Crippen LogP contribution in [0, 0.1) is 6.92 Å². The highest BCUT2D eigenvalue weighted by Crippen LogP contribution is 2.31. The molecule has 1 saturated carbocycles. The van der Waals surface area contributed by atoms with Crippen LogP contribution >= 0.6 is 11.3 Å². The highest BCUT2D eigenvalue weighted by Gasteiger charge is 2.35. The molecule has 1 aliphatic carbocycles. The predicted molar refractivity (Wildman–Crippen MR) is 135 cm³/mol. The number of amides is 3. The lowest BCUT2D eigenvalue weighted by atomic mass is 9.97. The van der Waals surface area contributed by atoms with Crippen molar-refractivity contribution in [2.75, 3.05) is 11.4 Å². The van der Waals surface area contributed by atoms with Crippen LogP contribution in [-0.2, 0) is 9.59 Å². The Bertz CT molecular complexity index is 1130. The summed E-state index contributed by atoms with van der Waals surface area (Å²) in [6.07, 6.45) is 4.08. The summed E-state index contributed by atoms with van der Waals surface area (Å²) in [7, 11) is 0. The first-order chi connectivity index (χ1) is 16.5. The Morgan fingerprint density at radius 1 is 0.971 bits per heavy atom. The van der Waals surface area contributed by atoms with Gasteiger partial charge in [-0.1, -0.05) is 61.4 Å². The summed E-state index contributed by atoms with van der Waals surface area (Å²) < 4.78 is 0. The fraction of sp³-hybridized carbons (Fsp3) is 0.296. The van der Waals surface area contributed by atoms with Crippen LogP contribution < -0.4 is 15.5 Å². The molecule has 3 amide bonds. The maximum atomic E-state index is 13.7. The molecule has 2 aromatic carbocycles. The van der Waals surface area contributed by atoms with Crippen LogP contribution in [0.5, 0.6) is 0 Å². The summed E-state index contributed by atoms with van der Waals surface area (Å²) in [6.45, 7) is 1.72. The number of rotatable bonds is 8. The van der Waals surface area contributed by atoms with Crippen molar-refractivity contribution in [3.05, 3.63) is 88.1 Å². The molecule has 1 aliphatic rings. The van der Waals surface area contributed by atoms with Gasteiger partial charge in [-0.2, -0.15) is 0 Å². The van der Waals surface area contributed by atoms with E-state index in [1.54, 1.807) is 12.1 Å². The first-order valence-electron chi connectivity index (χ1n) is 11.6. The number of para-hydroxylation sites is 1. The Hall–Kier alpha value is -3.45. The number of benzene rings is 2. The van der Waals surface area contributed by atoms with E-state index in [-0.39, 0.29) is 30.3 Å². The summed E-state index contributed by atoms with van der Waals surface area (Å²) >= 11 is 1.31. The zero-order valence-corrected chi connectivity index (χ0v) is 20.0. The van der Waals surface area contributed by atoms with Crippen LogP contribution in [0.3, 0.4) is 0 Å². The average Bonchev–Trinajstić information content (AvgIpc) is 3.56. The lowest BCUT2D eigenvalue weighted by Gasteiger charge is -2.33. The fourth-order valence-electron chi connectivity index (χ4n) is 4.40. The number of hydrogen-bond acceptors (Lipinski definition) is 4. The first kappa shape index (κ1) is 23.7. The van der Waals surface area contributed by atoms with Crippen LogP contribution in [0.4, 0.5) is 5.69 Å². The van der Waals surface area contributed by atoms with E-state index in [0.29, 0.717) is 10.6 Å². The molecule has 1 fully saturated rings. The van der Waals surface area contributed by atoms with Crippen molar-refractivity contribution in [3.8, 4) is 0 Å². The van der Waals surface area contributed by atoms with E-state index in [2.05, 4.69) is 10.6 Å². The summed E-state index contributed by atoms with van der Waals surface area (Å²) in [5, 5.41) is 7.71. The number of nitrogens with zero attached hydrogens (tertiary/aromatic N) is 1. The molecule has 0 bridgehead atoms. The van der Waals surface area contributed by atoms with Gasteiger partial charge in [-0.3, -0.25) is 19.3 Å². The normalized spacial score (nSPS) is 14.4. The lowest BCUT2D eigenvalue weighted by molar-refractivity contribution is -0.126. The molecule has 7 heteroatoms. The van der Waals surface area contributed by atoms with Gasteiger partial charge in [0.05, 0.1) is 11.4 Å². The molecule has 0 spiro atoms. The van der Waals surface area contributed by atoms with E-state index >= 15 is 0 Å². The van der Waals surface area contributed by atoms with Crippen LogP contribution in [0.15, 0.2) is 72.1 Å². The summed E-state index contributed by atoms with van der Waals surface area (Å²) in [4.78, 5) is 41.9. The molecule has 6 nitrogen and oxygen atoms in total. The molecule has 4 rings (SSSR count). The van der Waals surface area contributed by atoms with Gasteiger partial charge >= 0.3 is 0 Å². The van der Waals surface area contributed by atoms with Gasteiger partial charge < -0.3 is 10.6 Å². The van der Waals surface area contributed by atoms with Gasteiger partial charge in [0.15, 0.2) is 0 Å². The summed E-state index contributed by atoms with van der Waals surface area (Å²) in [5.41, 5.74) is 2.29. The maximum absolute atomic E-state index is 13.7. The van der Waals surface area contributed by atoms with E-state index in [1.807, 2.05) is 66.9 Å². The van der Waals surface area contributed by atoms with Gasteiger partial charge in [0, 0.05) is 11.7 Å². The minimum Gasteiger partial charge on any atom is -0.351 e. The molecule has 176 valence electrons. The van der Waals surface area contributed by atoms with Gasteiger partial charge in [-0.15, -0.1) is 11.3 Å². The topological polar surface area (TPSA) is 78.5 Å². The second-order valence-electron chi connectivity index (χ2n) is 8.51. The largest absolute Gasteiger partial charge is 0.351 e. The highest BCUT2D eigenvalue weighted by molar-refractivity contribution is 7.12. The third-order valence-corrected chi connectivity index (χ3v) is 7.01. The van der Waals surface area contributed by atoms with E-state index in [9.17, 15) is 14.4 Å². The third kappa shape index (κ3) is 5.54. The van der Waals surface area contributed by atoms with Crippen molar-refractivity contribution in [1.29, 1.82) is 0 Å². The SMILES string of the molecule is Cc1ccccc1[C@@H](C(=O)NC1CCCC1)N(C(=O)CNC(=O)c1cccs1)c1ccccc1. The smallest absolute Gasteiger partial charge is 0.261 e. The van der Waals surface area contributed by atoms with Gasteiger partial charge in [0.1, 0.15) is 6.04 Å². The predicted octanol–water partition coefficient (Wildman–Crippen LogP) is 4.62. The number of hydrogen-bond donors (Lipinski definition) is 2. The van der Waals surface area contributed by atoms with E-state index in [4.69, 9.17) is 0 Å². The van der Waals surface area contributed by atoms with Gasteiger partial charge in [-0.05, 0) is 54.5 Å². The van der Waals surface area contributed by atoms with Crippen LogP contribution in [-0.4, -0.2) is 30.3 Å². The Kier molecular flexibility index (Phi) is 7.75. The number of thiophene rings is 1. The van der Waals surface area contributed by atoms with Crippen molar-refractivity contribution < 1.29 is 14.4 Å². The van der Waals surface area contributed by atoms with Gasteiger partial charge in [0.25, 0.3) is 5.91 Å². The summed E-state index contributed by atoms with van der Waals surface area (Å²) in [6, 6.07) is 19.6. The number of anilines is 1. The molecule has 0 radical (unpaired) electrons. The average molecular weight is 476 g/mol. The zero-order chi connectivity index (χ0) is 23.9. The van der Waals surface area contributed by atoms with Crippen LogP contribution in [0.25, 0.3) is 0 Å². The van der Waals surface area contributed by atoms with Crippen molar-refractivity contribution in [2.24, 2.45) is 0 Å². The van der Waals surface area contributed by atoms with Crippen molar-refractivity contribution >= 4 is 34.7 Å². The molecule has 34 heavy (non-hydrogen) atoms. The van der Waals surface area contributed by atoms with Gasteiger partial charge in [-0.25, -0.2) is 0 Å². The molecule has 1 aromatic heterocycles. The Labute approximate surface area is 204 Å². The van der Waals surface area contributed by atoms with E-state index < -0.39 is 6.04 Å². The fourth-order valence-corrected chi connectivity index (χ4v) is 5.04. The van der Waals surface area contributed by atoms with Crippen molar-refractivity contribution in [2.45, 2.75) is 44.7 Å². The van der Waals surface area contributed by atoms with Crippen LogP contribution in [0.1, 0.15) is 52.5 Å². The minimum absolute atomic E-state index is 0.116. The molecular weight excluding hydrogens is 446 g/mol. The minimum atomic E-state index is -0.852. The Morgan fingerprint density at radius 3 is 2.35 bits per heavy atom. The van der Waals surface area contributed by atoms with E-state index in [1.165, 1.54) is 16.2 Å². The molecule has 1 heterocycles. The molecular formula is C27H29N3O3S. The molecule has 0 unspecified atom stereocenters. The maximum Gasteiger partial charge on any atom is 0.261 e. The van der Waals surface area contributed by atoms with Gasteiger partial charge in [0.2, 0.25) is 11.8 Å². The molecule has 0 aliphatic heterocycles. The lowest BCUT2D eigenvalue weighted by Crippen LogP contribution is -2.49. The standard InChI is InChI=1S/C27H29N3O3S/c1-19-10-5-8-15-22(19)25(27(33)29-20-11-6-7-12-20)30(21-13-3-2-4-14-21)24(31)18-28-26(32)23-16-9-17-34-23/h2-5,8-10,13-17,20,25H,6-7,11-12,18H2,1H3,(H,28,32)(H,29,33)/t25-/m0/s1. The number of carbonyl (C=O) groups is 3. The number of carbonyl (C=O) groups excluding carboxylic acids is 3. The van der Waals surface area contributed by atoms with E-state index in [0.717, 1.165) is 36.8 Å². The second kappa shape index (κ2) is 11.1. The highest BCUT2D eigenvalue weighted by atomic mass is 32.1. The first-order valence-corrected chi connectivity index (χ1v) is 12.5. The van der Waals surface area contributed by atoms with Crippen molar-refractivity contribution in [3.63, 3.8) is 0 Å². The molecule has 0 saturated heterocycles. The monoisotopic (exact) mass is 475 g/mol. The van der Waals surface area contributed by atoms with Crippen LogP contribution in [0.2, 0.25) is 0 Å². The Morgan fingerprint density at radius 2 is 1.68 bits per heavy atom. The number of aryl methyl sites for hydroxylation is 1. The molecule has 3 aromatic rings. The third-order valence-electron chi connectivity index (χ3n) is 6.14. The molecule has 2 N–H and O–H groups in total. The quantitative estimate of drug-likeness (QED) is 0.499. The second-order valence-corrected chi connectivity index (χ2v) is 9.46. The number of nitrogens with one attached hydrogen (secondary N) is 2. The zero-order valence-electron chi connectivity index (χ0n) is 19.2.